The van der Waals surface area contributed by atoms with Gasteiger partial charge in [0.15, 0.2) is 4.80 Å². The summed E-state index contributed by atoms with van der Waals surface area (Å²) in [6.07, 6.45) is 0. The SMILES string of the molecule is CCn1c(=NC(=O)c2ccc(C#N)cc2)sc2cc(C(C)C)ccc21. The van der Waals surface area contributed by atoms with E-state index in [0.29, 0.717) is 21.8 Å². The monoisotopic (exact) mass is 349 g/mol. The molecule has 1 heterocycles. The average Bonchev–Trinajstić information content (AvgIpc) is 2.97. The first-order valence-electron chi connectivity index (χ1n) is 8.26. The van der Waals surface area contributed by atoms with E-state index in [1.807, 2.05) is 13.0 Å². The summed E-state index contributed by atoms with van der Waals surface area (Å²) in [6.45, 7) is 7.14. The third-order valence-electron chi connectivity index (χ3n) is 4.15. The molecule has 5 heteroatoms. The smallest absolute Gasteiger partial charge is 0.279 e. The molecule has 2 aromatic carbocycles. The molecule has 0 aliphatic carbocycles. The number of amides is 1. The number of nitriles is 1. The third kappa shape index (κ3) is 3.40. The van der Waals surface area contributed by atoms with Crippen molar-refractivity contribution in [2.45, 2.75) is 33.2 Å². The number of hydrogen-bond donors (Lipinski definition) is 0. The molecule has 0 unspecified atom stereocenters. The third-order valence-corrected chi connectivity index (χ3v) is 5.19. The van der Waals surface area contributed by atoms with Gasteiger partial charge >= 0.3 is 0 Å². The van der Waals surface area contributed by atoms with Crippen molar-refractivity contribution < 1.29 is 4.79 Å². The summed E-state index contributed by atoms with van der Waals surface area (Å²) in [5, 5.41) is 8.85. The fourth-order valence-electron chi connectivity index (χ4n) is 2.68. The van der Waals surface area contributed by atoms with Crippen LogP contribution in [0, 0.1) is 11.3 Å². The van der Waals surface area contributed by atoms with Crippen LogP contribution in [0.4, 0.5) is 0 Å². The van der Waals surface area contributed by atoms with Gasteiger partial charge in [-0.1, -0.05) is 31.3 Å². The molecule has 3 rings (SSSR count). The predicted molar refractivity (Wildman–Crippen MR) is 101 cm³/mol. The van der Waals surface area contributed by atoms with Crippen molar-refractivity contribution in [1.82, 2.24) is 4.57 Å². The molecule has 0 bridgehead atoms. The zero-order valence-corrected chi connectivity index (χ0v) is 15.3. The number of aryl methyl sites for hydroxylation is 1. The number of benzene rings is 2. The lowest BCUT2D eigenvalue weighted by atomic mass is 10.0. The number of carbonyl (C=O) groups is 1. The number of aromatic nitrogens is 1. The van der Waals surface area contributed by atoms with E-state index >= 15 is 0 Å². The number of rotatable bonds is 3. The molecule has 0 N–H and O–H groups in total. The van der Waals surface area contributed by atoms with Crippen molar-refractivity contribution in [2.75, 3.05) is 0 Å². The first-order chi connectivity index (χ1) is 12.0. The maximum Gasteiger partial charge on any atom is 0.279 e. The lowest BCUT2D eigenvalue weighted by Gasteiger charge is -2.05. The van der Waals surface area contributed by atoms with Crippen molar-refractivity contribution in [3.05, 3.63) is 64.0 Å². The molecule has 1 aromatic heterocycles. The van der Waals surface area contributed by atoms with E-state index < -0.39 is 0 Å². The molecule has 0 aliphatic heterocycles. The van der Waals surface area contributed by atoms with Crippen LogP contribution < -0.4 is 4.80 Å². The van der Waals surface area contributed by atoms with Crippen LogP contribution in [0.1, 0.15) is 48.2 Å². The Kier molecular flexibility index (Phi) is 4.82. The fourth-order valence-corrected chi connectivity index (χ4v) is 3.82. The Morgan fingerprint density at radius 1 is 1.24 bits per heavy atom. The Hall–Kier alpha value is -2.71. The van der Waals surface area contributed by atoms with Crippen LogP contribution in [-0.4, -0.2) is 10.5 Å². The summed E-state index contributed by atoms with van der Waals surface area (Å²) in [7, 11) is 0. The van der Waals surface area contributed by atoms with Crippen LogP contribution in [0.5, 0.6) is 0 Å². The van der Waals surface area contributed by atoms with E-state index in [9.17, 15) is 4.79 Å². The molecule has 0 spiro atoms. The van der Waals surface area contributed by atoms with E-state index in [-0.39, 0.29) is 5.91 Å². The van der Waals surface area contributed by atoms with E-state index in [4.69, 9.17) is 5.26 Å². The van der Waals surface area contributed by atoms with Gasteiger partial charge in [0.05, 0.1) is 21.8 Å². The maximum atomic E-state index is 12.5. The van der Waals surface area contributed by atoms with E-state index in [1.165, 1.54) is 16.9 Å². The summed E-state index contributed by atoms with van der Waals surface area (Å²) in [5.74, 6) is 0.171. The largest absolute Gasteiger partial charge is 0.317 e. The Labute approximate surface area is 150 Å². The minimum absolute atomic E-state index is 0.290. The molecule has 0 radical (unpaired) electrons. The van der Waals surface area contributed by atoms with Crippen molar-refractivity contribution >= 4 is 27.5 Å². The summed E-state index contributed by atoms with van der Waals surface area (Å²) in [5.41, 5.74) is 3.40. The Morgan fingerprint density at radius 2 is 1.96 bits per heavy atom. The Morgan fingerprint density at radius 3 is 2.56 bits per heavy atom. The van der Waals surface area contributed by atoms with Gasteiger partial charge in [-0.25, -0.2) is 0 Å². The zero-order valence-electron chi connectivity index (χ0n) is 14.5. The maximum absolute atomic E-state index is 12.5. The van der Waals surface area contributed by atoms with Crippen molar-refractivity contribution in [1.29, 1.82) is 5.26 Å². The zero-order chi connectivity index (χ0) is 18.0. The first-order valence-corrected chi connectivity index (χ1v) is 9.07. The highest BCUT2D eigenvalue weighted by Gasteiger charge is 2.10. The molecule has 3 aromatic rings. The second kappa shape index (κ2) is 7.04. The molecule has 25 heavy (non-hydrogen) atoms. The van der Waals surface area contributed by atoms with Gasteiger partial charge < -0.3 is 4.57 Å². The van der Waals surface area contributed by atoms with Crippen LogP contribution in [0.2, 0.25) is 0 Å². The van der Waals surface area contributed by atoms with Crippen molar-refractivity contribution in [3.8, 4) is 6.07 Å². The van der Waals surface area contributed by atoms with Crippen LogP contribution in [0.25, 0.3) is 10.2 Å². The van der Waals surface area contributed by atoms with Crippen LogP contribution in [-0.2, 0) is 6.54 Å². The van der Waals surface area contributed by atoms with Gasteiger partial charge in [-0.2, -0.15) is 10.3 Å². The van der Waals surface area contributed by atoms with Crippen LogP contribution >= 0.6 is 11.3 Å². The molecule has 0 fully saturated rings. The standard InChI is InChI=1S/C20H19N3OS/c1-4-23-17-10-9-16(13(2)3)11-18(17)25-20(23)22-19(24)15-7-5-14(12-21)6-8-15/h5-11,13H,4H2,1-3H3. The minimum atomic E-state index is -0.290. The molecule has 126 valence electrons. The minimum Gasteiger partial charge on any atom is -0.317 e. The van der Waals surface area contributed by atoms with Crippen molar-refractivity contribution in [2.24, 2.45) is 4.99 Å². The highest BCUT2D eigenvalue weighted by molar-refractivity contribution is 7.16. The number of nitrogens with zero attached hydrogens (tertiary/aromatic N) is 3. The summed E-state index contributed by atoms with van der Waals surface area (Å²) < 4.78 is 3.20. The van der Waals surface area contributed by atoms with Crippen molar-refractivity contribution in [3.63, 3.8) is 0 Å². The summed E-state index contributed by atoms with van der Waals surface area (Å²) in [4.78, 5) is 17.5. The second-order valence-electron chi connectivity index (χ2n) is 6.12. The van der Waals surface area contributed by atoms with E-state index in [2.05, 4.69) is 41.6 Å². The van der Waals surface area contributed by atoms with Crippen LogP contribution in [0.3, 0.4) is 0 Å². The molecule has 0 atom stereocenters. The van der Waals surface area contributed by atoms with Gasteiger partial charge in [-0.15, -0.1) is 0 Å². The Balaban J connectivity index is 2.08. The van der Waals surface area contributed by atoms with Gasteiger partial charge in [0.1, 0.15) is 0 Å². The van der Waals surface area contributed by atoms with Gasteiger partial charge in [0, 0.05) is 12.1 Å². The quantitative estimate of drug-likeness (QED) is 0.701. The number of thiazole rings is 1. The summed E-state index contributed by atoms with van der Waals surface area (Å²) >= 11 is 1.53. The first kappa shape index (κ1) is 17.1. The molecule has 0 aliphatic rings. The Bertz CT molecular complexity index is 1030. The molecular formula is C20H19N3OS. The molecule has 1 amide bonds. The molecule has 0 saturated heterocycles. The number of carbonyl (C=O) groups excluding carboxylic acids is 1. The van der Waals surface area contributed by atoms with Gasteiger partial charge in [0.2, 0.25) is 0 Å². The topological polar surface area (TPSA) is 58.1 Å². The normalized spacial score (nSPS) is 11.9. The fraction of sp³-hybridized carbons (Fsp3) is 0.250. The number of fused-ring (bicyclic) bond motifs is 1. The molecular weight excluding hydrogens is 330 g/mol. The lowest BCUT2D eigenvalue weighted by molar-refractivity contribution is 0.0998. The predicted octanol–water partition coefficient (Wildman–Crippen LogP) is 4.46. The van der Waals surface area contributed by atoms with E-state index in [1.54, 1.807) is 24.3 Å². The summed E-state index contributed by atoms with van der Waals surface area (Å²) in [6, 6.07) is 15.0. The van der Waals surface area contributed by atoms with Crippen LogP contribution in [0.15, 0.2) is 47.5 Å². The number of hydrogen-bond acceptors (Lipinski definition) is 3. The van der Waals surface area contributed by atoms with Gasteiger partial charge in [-0.3, -0.25) is 4.79 Å². The van der Waals surface area contributed by atoms with Gasteiger partial charge in [0.25, 0.3) is 5.91 Å². The molecule has 4 nitrogen and oxygen atoms in total. The highest BCUT2D eigenvalue weighted by atomic mass is 32.1. The van der Waals surface area contributed by atoms with Gasteiger partial charge in [-0.05, 0) is 54.8 Å². The average molecular weight is 349 g/mol. The molecule has 0 saturated carbocycles. The lowest BCUT2D eigenvalue weighted by Crippen LogP contribution is -2.15. The second-order valence-corrected chi connectivity index (χ2v) is 7.13. The van der Waals surface area contributed by atoms with E-state index in [0.717, 1.165) is 16.8 Å². The highest BCUT2D eigenvalue weighted by Crippen LogP contribution is 2.23.